The van der Waals surface area contributed by atoms with Crippen LogP contribution in [0.5, 0.6) is 0 Å². The van der Waals surface area contributed by atoms with Crippen molar-refractivity contribution in [3.8, 4) is 0 Å². The summed E-state index contributed by atoms with van der Waals surface area (Å²) in [4.78, 5) is 28.8. The summed E-state index contributed by atoms with van der Waals surface area (Å²) in [5, 5.41) is 6.73. The van der Waals surface area contributed by atoms with Crippen LogP contribution in [0.3, 0.4) is 0 Å². The van der Waals surface area contributed by atoms with Gasteiger partial charge in [-0.3, -0.25) is 14.6 Å². The minimum absolute atomic E-state index is 0.0239. The van der Waals surface area contributed by atoms with Crippen LogP contribution in [-0.4, -0.2) is 16.8 Å². The van der Waals surface area contributed by atoms with Gasteiger partial charge in [-0.1, -0.05) is 24.3 Å². The first-order chi connectivity index (χ1) is 12.2. The van der Waals surface area contributed by atoms with Crippen LogP contribution in [0.25, 0.3) is 10.9 Å². The Labute approximate surface area is 145 Å². The van der Waals surface area contributed by atoms with Crippen molar-refractivity contribution < 1.29 is 9.59 Å². The first-order valence-corrected chi connectivity index (χ1v) is 8.27. The molecule has 1 fully saturated rings. The average Bonchev–Trinajstić information content (AvgIpc) is 3.47. The topological polar surface area (TPSA) is 71.1 Å². The number of para-hydroxylation sites is 1. The fraction of sp³-hybridized carbons (Fsp3) is 0.150. The smallest absolute Gasteiger partial charge is 0.255 e. The molecule has 5 heteroatoms. The zero-order chi connectivity index (χ0) is 17.2. The molecule has 4 rings (SSSR count). The largest absolute Gasteiger partial charge is 0.326 e. The summed E-state index contributed by atoms with van der Waals surface area (Å²) in [6, 6.07) is 16.4. The molecule has 0 atom stereocenters. The van der Waals surface area contributed by atoms with Crippen LogP contribution < -0.4 is 10.6 Å². The average molecular weight is 331 g/mol. The van der Waals surface area contributed by atoms with E-state index >= 15 is 0 Å². The fourth-order valence-electron chi connectivity index (χ4n) is 2.73. The van der Waals surface area contributed by atoms with Crippen LogP contribution in [0, 0.1) is 5.92 Å². The molecular weight excluding hydrogens is 314 g/mol. The summed E-state index contributed by atoms with van der Waals surface area (Å²) in [5.74, 6) is -0.0873. The lowest BCUT2D eigenvalue weighted by Crippen LogP contribution is -2.15. The minimum Gasteiger partial charge on any atom is -0.326 e. The number of hydrogen-bond donors (Lipinski definition) is 2. The lowest BCUT2D eigenvalue weighted by Gasteiger charge is -2.09. The van der Waals surface area contributed by atoms with Gasteiger partial charge >= 0.3 is 0 Å². The van der Waals surface area contributed by atoms with E-state index in [-0.39, 0.29) is 17.7 Å². The number of hydrogen-bond acceptors (Lipinski definition) is 3. The third-order valence-electron chi connectivity index (χ3n) is 4.22. The number of aromatic nitrogens is 1. The van der Waals surface area contributed by atoms with E-state index in [0.717, 1.165) is 23.7 Å². The Bertz CT molecular complexity index is 959. The normalized spacial score (nSPS) is 13.4. The molecule has 25 heavy (non-hydrogen) atoms. The number of rotatable bonds is 4. The molecule has 0 saturated heterocycles. The highest BCUT2D eigenvalue weighted by atomic mass is 16.2. The number of pyridine rings is 1. The van der Waals surface area contributed by atoms with Crippen molar-refractivity contribution in [2.75, 3.05) is 10.6 Å². The number of nitrogens with zero attached hydrogens (tertiary/aromatic N) is 1. The van der Waals surface area contributed by atoms with E-state index in [1.165, 1.54) is 0 Å². The molecule has 1 aliphatic carbocycles. The number of carbonyl (C=O) groups is 2. The molecule has 3 aromatic rings. The minimum atomic E-state index is -0.235. The maximum Gasteiger partial charge on any atom is 0.255 e. The van der Waals surface area contributed by atoms with Crippen LogP contribution in [-0.2, 0) is 4.79 Å². The molecule has 1 saturated carbocycles. The van der Waals surface area contributed by atoms with Crippen LogP contribution in [0.2, 0.25) is 0 Å². The highest BCUT2D eigenvalue weighted by Gasteiger charge is 2.29. The number of nitrogens with one attached hydrogen (secondary N) is 2. The van der Waals surface area contributed by atoms with Gasteiger partial charge in [-0.25, -0.2) is 0 Å². The Morgan fingerprint density at radius 3 is 2.60 bits per heavy atom. The summed E-state index contributed by atoms with van der Waals surface area (Å²) < 4.78 is 0. The molecule has 2 aromatic carbocycles. The predicted octanol–water partition coefficient (Wildman–Crippen LogP) is 3.84. The molecule has 1 aromatic heterocycles. The molecule has 0 radical (unpaired) electrons. The van der Waals surface area contributed by atoms with E-state index in [4.69, 9.17) is 0 Å². The lowest BCUT2D eigenvalue weighted by atomic mass is 10.1. The monoisotopic (exact) mass is 331 g/mol. The van der Waals surface area contributed by atoms with E-state index < -0.39 is 0 Å². The molecule has 1 aliphatic rings. The molecule has 5 nitrogen and oxygen atoms in total. The SMILES string of the molecule is O=C(Nc1cccc2cccnc12)c1cccc(NC(=O)C2CC2)c1. The Hall–Kier alpha value is -3.21. The fourth-order valence-corrected chi connectivity index (χ4v) is 2.73. The summed E-state index contributed by atoms with van der Waals surface area (Å²) in [6.45, 7) is 0. The predicted molar refractivity (Wildman–Crippen MR) is 97.5 cm³/mol. The highest BCUT2D eigenvalue weighted by molar-refractivity contribution is 6.09. The van der Waals surface area contributed by atoms with Crippen LogP contribution >= 0.6 is 0 Å². The van der Waals surface area contributed by atoms with Crippen molar-refractivity contribution >= 4 is 34.1 Å². The lowest BCUT2D eigenvalue weighted by molar-refractivity contribution is -0.117. The molecule has 124 valence electrons. The van der Waals surface area contributed by atoms with Crippen molar-refractivity contribution in [3.05, 3.63) is 66.4 Å². The number of anilines is 2. The van der Waals surface area contributed by atoms with Gasteiger partial charge < -0.3 is 10.6 Å². The van der Waals surface area contributed by atoms with Crippen LogP contribution in [0.15, 0.2) is 60.8 Å². The number of carbonyl (C=O) groups excluding carboxylic acids is 2. The van der Waals surface area contributed by atoms with Gasteiger partial charge in [-0.15, -0.1) is 0 Å². The summed E-state index contributed by atoms with van der Waals surface area (Å²) in [6.07, 6.45) is 3.59. The Morgan fingerprint density at radius 1 is 0.960 bits per heavy atom. The van der Waals surface area contributed by atoms with Gasteiger partial charge in [0.25, 0.3) is 5.91 Å². The molecule has 2 amide bonds. The molecule has 0 unspecified atom stereocenters. The van der Waals surface area contributed by atoms with Crippen molar-refractivity contribution in [1.82, 2.24) is 4.98 Å². The van der Waals surface area contributed by atoms with Gasteiger partial charge in [0, 0.05) is 28.8 Å². The van der Waals surface area contributed by atoms with Crippen LogP contribution in [0.1, 0.15) is 23.2 Å². The third-order valence-corrected chi connectivity index (χ3v) is 4.22. The molecule has 0 spiro atoms. The first-order valence-electron chi connectivity index (χ1n) is 8.27. The second kappa shape index (κ2) is 6.36. The zero-order valence-corrected chi connectivity index (χ0v) is 13.5. The van der Waals surface area contributed by atoms with Gasteiger partial charge in [0.1, 0.15) is 0 Å². The Morgan fingerprint density at radius 2 is 1.76 bits per heavy atom. The second-order valence-electron chi connectivity index (χ2n) is 6.18. The number of benzene rings is 2. The van der Waals surface area contributed by atoms with E-state index in [1.807, 2.05) is 30.3 Å². The quantitative estimate of drug-likeness (QED) is 0.763. The Kier molecular flexibility index (Phi) is 3.90. The van der Waals surface area contributed by atoms with Crippen molar-refractivity contribution in [2.45, 2.75) is 12.8 Å². The molecule has 2 N–H and O–H groups in total. The molecule has 0 bridgehead atoms. The van der Waals surface area contributed by atoms with Crippen molar-refractivity contribution in [1.29, 1.82) is 0 Å². The first kappa shape index (κ1) is 15.3. The van der Waals surface area contributed by atoms with Crippen LogP contribution in [0.4, 0.5) is 11.4 Å². The van der Waals surface area contributed by atoms with Crippen molar-refractivity contribution in [2.24, 2.45) is 5.92 Å². The third kappa shape index (κ3) is 3.35. The summed E-state index contributed by atoms with van der Waals surface area (Å²) in [5.41, 5.74) is 2.54. The second-order valence-corrected chi connectivity index (χ2v) is 6.18. The summed E-state index contributed by atoms with van der Waals surface area (Å²) in [7, 11) is 0. The van der Waals surface area contributed by atoms with Gasteiger partial charge in [0.05, 0.1) is 11.2 Å². The standard InChI is InChI=1S/C20H17N3O2/c24-19(14-9-10-14)22-16-7-1-5-15(12-16)20(25)23-17-8-2-4-13-6-3-11-21-18(13)17/h1-8,11-12,14H,9-10H2,(H,22,24)(H,23,25). The molecular formula is C20H17N3O2. The van der Waals surface area contributed by atoms with Gasteiger partial charge in [0.15, 0.2) is 0 Å². The zero-order valence-electron chi connectivity index (χ0n) is 13.5. The number of fused-ring (bicyclic) bond motifs is 1. The molecule has 1 heterocycles. The van der Waals surface area contributed by atoms with E-state index in [0.29, 0.717) is 16.9 Å². The highest BCUT2D eigenvalue weighted by Crippen LogP contribution is 2.30. The summed E-state index contributed by atoms with van der Waals surface area (Å²) >= 11 is 0. The maximum absolute atomic E-state index is 12.6. The van der Waals surface area contributed by atoms with Gasteiger partial charge in [0.2, 0.25) is 5.91 Å². The van der Waals surface area contributed by atoms with E-state index in [9.17, 15) is 9.59 Å². The van der Waals surface area contributed by atoms with Gasteiger partial charge in [-0.05, 0) is 43.2 Å². The number of amides is 2. The van der Waals surface area contributed by atoms with E-state index in [1.54, 1.807) is 30.5 Å². The van der Waals surface area contributed by atoms with Crippen molar-refractivity contribution in [3.63, 3.8) is 0 Å². The molecule has 0 aliphatic heterocycles. The Balaban J connectivity index is 1.55. The van der Waals surface area contributed by atoms with E-state index in [2.05, 4.69) is 15.6 Å². The maximum atomic E-state index is 12.6. The van der Waals surface area contributed by atoms with Gasteiger partial charge in [-0.2, -0.15) is 0 Å².